The van der Waals surface area contributed by atoms with Crippen molar-refractivity contribution in [2.45, 2.75) is 32.7 Å². The molecule has 1 fully saturated rings. The lowest BCUT2D eigenvalue weighted by Crippen LogP contribution is -2.29. The standard InChI is InChI=1S/C14H22N2/c1-4-12-6-5-11(2)9-14(12)16-8-7-13(10-16)15-3/h5-6,9,13,15H,4,7-8,10H2,1-3H3/t13-/m0/s1. The second-order valence-corrected chi connectivity index (χ2v) is 4.71. The van der Waals surface area contributed by atoms with E-state index in [2.05, 4.69) is 49.3 Å². The summed E-state index contributed by atoms with van der Waals surface area (Å²) in [6, 6.07) is 7.48. The highest BCUT2D eigenvalue weighted by atomic mass is 15.2. The molecule has 1 aliphatic rings. The van der Waals surface area contributed by atoms with Gasteiger partial charge in [-0.15, -0.1) is 0 Å². The SMILES string of the molecule is CCc1ccc(C)cc1N1CC[C@H](NC)C1. The molecule has 1 aliphatic heterocycles. The molecule has 1 aromatic carbocycles. The predicted octanol–water partition coefficient (Wildman–Crippen LogP) is 2.36. The maximum absolute atomic E-state index is 3.37. The first kappa shape index (κ1) is 11.5. The van der Waals surface area contributed by atoms with Gasteiger partial charge in [-0.25, -0.2) is 0 Å². The summed E-state index contributed by atoms with van der Waals surface area (Å²) in [6.45, 7) is 6.74. The Morgan fingerprint density at radius 1 is 1.44 bits per heavy atom. The van der Waals surface area contributed by atoms with Gasteiger partial charge in [-0.2, -0.15) is 0 Å². The quantitative estimate of drug-likeness (QED) is 0.838. The molecule has 2 rings (SSSR count). The molecule has 1 atom stereocenters. The van der Waals surface area contributed by atoms with E-state index in [1.807, 2.05) is 0 Å². The van der Waals surface area contributed by atoms with E-state index in [1.165, 1.54) is 29.8 Å². The second kappa shape index (κ2) is 4.88. The lowest BCUT2D eigenvalue weighted by Gasteiger charge is -2.22. The Kier molecular flexibility index (Phi) is 3.49. The Morgan fingerprint density at radius 2 is 2.25 bits per heavy atom. The molecular formula is C14H22N2. The number of hydrogen-bond donors (Lipinski definition) is 1. The zero-order chi connectivity index (χ0) is 11.5. The van der Waals surface area contributed by atoms with E-state index in [4.69, 9.17) is 0 Å². The van der Waals surface area contributed by atoms with Crippen molar-refractivity contribution in [3.8, 4) is 0 Å². The third-order valence-electron chi connectivity index (χ3n) is 3.56. The van der Waals surface area contributed by atoms with Crippen LogP contribution in [0.25, 0.3) is 0 Å². The molecule has 0 spiro atoms. The number of aryl methyl sites for hydroxylation is 2. The van der Waals surface area contributed by atoms with Crippen LogP contribution >= 0.6 is 0 Å². The van der Waals surface area contributed by atoms with E-state index in [-0.39, 0.29) is 0 Å². The third-order valence-corrected chi connectivity index (χ3v) is 3.56. The highest BCUT2D eigenvalue weighted by Crippen LogP contribution is 2.26. The molecule has 0 saturated carbocycles. The highest BCUT2D eigenvalue weighted by molar-refractivity contribution is 5.56. The number of hydrogen-bond acceptors (Lipinski definition) is 2. The van der Waals surface area contributed by atoms with Gasteiger partial charge in [0.05, 0.1) is 0 Å². The zero-order valence-corrected chi connectivity index (χ0v) is 10.6. The number of nitrogens with one attached hydrogen (secondary N) is 1. The summed E-state index contributed by atoms with van der Waals surface area (Å²) in [4.78, 5) is 2.52. The highest BCUT2D eigenvalue weighted by Gasteiger charge is 2.22. The third kappa shape index (κ3) is 2.22. The van der Waals surface area contributed by atoms with Crippen molar-refractivity contribution in [1.29, 1.82) is 0 Å². The van der Waals surface area contributed by atoms with Gasteiger partial charge in [0.15, 0.2) is 0 Å². The van der Waals surface area contributed by atoms with Crippen molar-refractivity contribution in [2.24, 2.45) is 0 Å². The molecule has 1 aromatic rings. The Bertz CT molecular complexity index is 360. The Morgan fingerprint density at radius 3 is 2.88 bits per heavy atom. The lowest BCUT2D eigenvalue weighted by molar-refractivity contribution is 0.617. The predicted molar refractivity (Wildman–Crippen MR) is 70.2 cm³/mol. The molecule has 1 heterocycles. The summed E-state index contributed by atoms with van der Waals surface area (Å²) in [7, 11) is 2.06. The monoisotopic (exact) mass is 218 g/mol. The van der Waals surface area contributed by atoms with Crippen molar-refractivity contribution in [3.63, 3.8) is 0 Å². The average Bonchev–Trinajstić information content (AvgIpc) is 2.77. The van der Waals surface area contributed by atoms with Crippen LogP contribution in [0.4, 0.5) is 5.69 Å². The molecule has 0 bridgehead atoms. The first-order chi connectivity index (χ1) is 7.74. The molecule has 2 heteroatoms. The summed E-state index contributed by atoms with van der Waals surface area (Å²) in [5.74, 6) is 0. The smallest absolute Gasteiger partial charge is 0.0401 e. The summed E-state index contributed by atoms with van der Waals surface area (Å²) in [6.07, 6.45) is 2.38. The molecule has 2 nitrogen and oxygen atoms in total. The van der Waals surface area contributed by atoms with Gasteiger partial charge in [-0.05, 0) is 44.0 Å². The van der Waals surface area contributed by atoms with Gasteiger partial charge in [0, 0.05) is 24.8 Å². The van der Waals surface area contributed by atoms with Gasteiger partial charge in [-0.3, -0.25) is 0 Å². The normalized spacial score (nSPS) is 20.4. The number of rotatable bonds is 3. The lowest BCUT2D eigenvalue weighted by atomic mass is 10.1. The minimum atomic E-state index is 0.658. The van der Waals surface area contributed by atoms with Crippen molar-refractivity contribution < 1.29 is 0 Å². The summed E-state index contributed by atoms with van der Waals surface area (Å²) < 4.78 is 0. The van der Waals surface area contributed by atoms with Crippen LogP contribution in [-0.2, 0) is 6.42 Å². The van der Waals surface area contributed by atoms with Crippen LogP contribution < -0.4 is 10.2 Å². The summed E-state index contributed by atoms with van der Waals surface area (Å²) in [5, 5.41) is 3.37. The first-order valence-corrected chi connectivity index (χ1v) is 6.26. The van der Waals surface area contributed by atoms with Gasteiger partial charge in [0.2, 0.25) is 0 Å². The van der Waals surface area contributed by atoms with Crippen LogP contribution in [0.3, 0.4) is 0 Å². The van der Waals surface area contributed by atoms with Crippen LogP contribution in [-0.4, -0.2) is 26.2 Å². The molecule has 0 radical (unpaired) electrons. The van der Waals surface area contributed by atoms with Gasteiger partial charge in [0.1, 0.15) is 0 Å². The summed E-state index contributed by atoms with van der Waals surface area (Å²) >= 11 is 0. The van der Waals surface area contributed by atoms with E-state index < -0.39 is 0 Å². The Balaban J connectivity index is 2.22. The number of likely N-dealkylation sites (N-methyl/N-ethyl adjacent to an activating group) is 1. The van der Waals surface area contributed by atoms with Crippen molar-refractivity contribution in [3.05, 3.63) is 29.3 Å². The first-order valence-electron chi connectivity index (χ1n) is 6.26. The van der Waals surface area contributed by atoms with Crippen molar-refractivity contribution in [2.75, 3.05) is 25.0 Å². The van der Waals surface area contributed by atoms with Crippen LogP contribution in [0.5, 0.6) is 0 Å². The van der Waals surface area contributed by atoms with Gasteiger partial charge in [-0.1, -0.05) is 19.1 Å². The molecule has 88 valence electrons. The number of nitrogens with zero attached hydrogens (tertiary/aromatic N) is 1. The molecule has 0 aliphatic carbocycles. The van der Waals surface area contributed by atoms with E-state index >= 15 is 0 Å². The average molecular weight is 218 g/mol. The van der Waals surface area contributed by atoms with Crippen LogP contribution in [0, 0.1) is 6.92 Å². The fraction of sp³-hybridized carbons (Fsp3) is 0.571. The fourth-order valence-electron chi connectivity index (χ4n) is 2.48. The summed E-state index contributed by atoms with van der Waals surface area (Å²) in [5.41, 5.74) is 4.28. The fourth-order valence-corrected chi connectivity index (χ4v) is 2.48. The van der Waals surface area contributed by atoms with Crippen molar-refractivity contribution >= 4 is 5.69 Å². The van der Waals surface area contributed by atoms with E-state index in [1.54, 1.807) is 0 Å². The molecule has 0 aromatic heterocycles. The Labute approximate surface area is 98.7 Å². The van der Waals surface area contributed by atoms with Crippen LogP contribution in [0.15, 0.2) is 18.2 Å². The molecule has 16 heavy (non-hydrogen) atoms. The van der Waals surface area contributed by atoms with E-state index in [9.17, 15) is 0 Å². The maximum Gasteiger partial charge on any atom is 0.0401 e. The van der Waals surface area contributed by atoms with Gasteiger partial charge >= 0.3 is 0 Å². The number of benzene rings is 1. The minimum Gasteiger partial charge on any atom is -0.370 e. The molecule has 1 N–H and O–H groups in total. The van der Waals surface area contributed by atoms with E-state index in [0.29, 0.717) is 6.04 Å². The topological polar surface area (TPSA) is 15.3 Å². The minimum absolute atomic E-state index is 0.658. The Hall–Kier alpha value is -1.02. The van der Waals surface area contributed by atoms with Crippen LogP contribution in [0.2, 0.25) is 0 Å². The van der Waals surface area contributed by atoms with Crippen molar-refractivity contribution in [1.82, 2.24) is 5.32 Å². The molecule has 1 saturated heterocycles. The molecular weight excluding hydrogens is 196 g/mol. The molecule has 0 unspecified atom stereocenters. The van der Waals surface area contributed by atoms with Crippen LogP contribution in [0.1, 0.15) is 24.5 Å². The number of anilines is 1. The largest absolute Gasteiger partial charge is 0.370 e. The second-order valence-electron chi connectivity index (χ2n) is 4.71. The van der Waals surface area contributed by atoms with E-state index in [0.717, 1.165) is 13.0 Å². The van der Waals surface area contributed by atoms with Gasteiger partial charge < -0.3 is 10.2 Å². The zero-order valence-electron chi connectivity index (χ0n) is 10.6. The molecule has 0 amide bonds. The van der Waals surface area contributed by atoms with Gasteiger partial charge in [0.25, 0.3) is 0 Å². The maximum atomic E-state index is 3.37.